The highest BCUT2D eigenvalue weighted by atomic mass is 16.7. The maximum absolute atomic E-state index is 13.2. The molecular weight excluding hydrogens is 608 g/mol. The van der Waals surface area contributed by atoms with E-state index in [0.29, 0.717) is 38.4 Å². The standard InChI is InChI=1S/C40H52O8/c1-29-21-22-44-36(24-29)19-20-38(45-27-32-15-17-33(43-5)18-16-32)39-13-7-11-35(46-28-42-4)25-30(2)23-31(3)26-37-12-6-9-34(47-37)10-8-14-40(41)48-39/h6-7,9,11,15-21,31,34-39H,2,10,12-13,22-28H2,1,3-5H3/b11-7+,20-19+/t31-,34-,35+,36+,37-,38-,39-/m0/s1. The van der Waals surface area contributed by atoms with E-state index in [9.17, 15) is 4.79 Å². The average molecular weight is 661 g/mol. The minimum absolute atomic E-state index is 0.0973. The number of cyclic esters (lactones) is 1. The molecule has 0 saturated heterocycles. The molecule has 0 fully saturated rings. The molecule has 2 bridgehead atoms. The first-order valence-corrected chi connectivity index (χ1v) is 17.0. The zero-order chi connectivity index (χ0) is 34.1. The number of fused-ring (bicyclic) bond motifs is 2. The lowest BCUT2D eigenvalue weighted by Crippen LogP contribution is -2.32. The molecule has 3 aliphatic heterocycles. The predicted molar refractivity (Wildman–Crippen MR) is 186 cm³/mol. The smallest absolute Gasteiger partial charge is 0.384 e. The number of ether oxygens (including phenoxy) is 7. The summed E-state index contributed by atoms with van der Waals surface area (Å²) in [6, 6.07) is 7.70. The molecule has 4 rings (SSSR count). The Hall–Kier alpha value is -3.45. The van der Waals surface area contributed by atoms with Crippen LogP contribution in [0.5, 0.6) is 5.75 Å². The van der Waals surface area contributed by atoms with Gasteiger partial charge in [0.15, 0.2) is 0 Å². The van der Waals surface area contributed by atoms with Gasteiger partial charge in [0, 0.05) is 25.9 Å². The molecule has 48 heavy (non-hydrogen) atoms. The summed E-state index contributed by atoms with van der Waals surface area (Å²) in [7, 11) is 3.24. The monoisotopic (exact) mass is 660 g/mol. The van der Waals surface area contributed by atoms with E-state index in [-0.39, 0.29) is 31.2 Å². The van der Waals surface area contributed by atoms with Gasteiger partial charge >= 0.3 is 5.97 Å². The Kier molecular flexibility index (Phi) is 15.7. The molecule has 0 amide bonds. The quantitative estimate of drug-likeness (QED) is 0.0857. The number of hydrogen-bond acceptors (Lipinski definition) is 8. The van der Waals surface area contributed by atoms with Crippen LogP contribution in [0, 0.1) is 17.8 Å². The number of carbonyl (C=O) groups is 1. The summed E-state index contributed by atoms with van der Waals surface area (Å²) in [5, 5.41) is 0. The van der Waals surface area contributed by atoms with Crippen molar-refractivity contribution >= 4 is 5.97 Å². The lowest BCUT2D eigenvalue weighted by molar-refractivity contribution is -0.148. The van der Waals surface area contributed by atoms with Crippen LogP contribution in [0.2, 0.25) is 0 Å². The van der Waals surface area contributed by atoms with E-state index in [1.807, 2.05) is 54.6 Å². The third-order valence-electron chi connectivity index (χ3n) is 8.53. The van der Waals surface area contributed by atoms with E-state index in [2.05, 4.69) is 44.4 Å². The van der Waals surface area contributed by atoms with Gasteiger partial charge in [0.25, 0.3) is 0 Å². The van der Waals surface area contributed by atoms with Crippen LogP contribution in [0.15, 0.2) is 84.5 Å². The first-order valence-electron chi connectivity index (χ1n) is 17.0. The molecule has 0 saturated carbocycles. The number of hydrogen-bond donors (Lipinski definition) is 0. The Balaban J connectivity index is 1.60. The molecule has 0 radical (unpaired) electrons. The Morgan fingerprint density at radius 1 is 1.08 bits per heavy atom. The molecule has 3 aliphatic rings. The van der Waals surface area contributed by atoms with Crippen molar-refractivity contribution in [2.75, 3.05) is 27.6 Å². The Morgan fingerprint density at radius 3 is 2.67 bits per heavy atom. The molecule has 8 heteroatoms. The van der Waals surface area contributed by atoms with Crippen molar-refractivity contribution in [3.05, 3.63) is 90.1 Å². The van der Waals surface area contributed by atoms with E-state index in [4.69, 9.17) is 33.2 Å². The summed E-state index contributed by atoms with van der Waals surface area (Å²) in [6.45, 7) is 9.72. The zero-order valence-corrected chi connectivity index (χ0v) is 28.9. The Labute approximate surface area is 286 Å². The van der Waals surface area contributed by atoms with Crippen LogP contribution in [0.25, 0.3) is 0 Å². The third kappa shape index (κ3) is 13.2. The van der Waals surface area contributed by atoms with Crippen molar-refractivity contribution in [1.82, 2.24) is 0 Å². The van der Waals surface area contributed by atoms with Crippen LogP contribution in [0.3, 0.4) is 0 Å². The second kappa shape index (κ2) is 20.2. The predicted octanol–water partition coefficient (Wildman–Crippen LogP) is 7.20. The van der Waals surface area contributed by atoms with Crippen molar-refractivity contribution < 1.29 is 38.0 Å². The van der Waals surface area contributed by atoms with Gasteiger partial charge in [-0.25, -0.2) is 4.79 Å². The molecule has 0 spiro atoms. The Bertz CT molecular complexity index is 1350. The summed E-state index contributed by atoms with van der Waals surface area (Å²) >= 11 is 0. The SMILES string of the molecule is C=C1C[C@H](C)C[C@@H]2CC=C[C@@H](CC#CC(=O)O[C@H]([C@H](/C=C/[C@@H]3CC(C)=CCO3)OCc3ccc(OC)cc3)C/C=C/[C@@H](OCOC)C1)O2. The lowest BCUT2D eigenvalue weighted by Gasteiger charge is -2.28. The van der Waals surface area contributed by atoms with Crippen molar-refractivity contribution in [2.24, 2.45) is 5.92 Å². The summed E-state index contributed by atoms with van der Waals surface area (Å²) in [6.07, 6.45) is 17.4. The van der Waals surface area contributed by atoms with Crippen LogP contribution in [0.1, 0.15) is 64.4 Å². The second-order valence-electron chi connectivity index (χ2n) is 12.8. The summed E-state index contributed by atoms with van der Waals surface area (Å²) in [4.78, 5) is 13.2. The van der Waals surface area contributed by atoms with Crippen molar-refractivity contribution in [3.8, 4) is 17.6 Å². The van der Waals surface area contributed by atoms with E-state index in [1.54, 1.807) is 14.2 Å². The fourth-order valence-electron chi connectivity index (χ4n) is 6.07. The first-order chi connectivity index (χ1) is 23.3. The van der Waals surface area contributed by atoms with Gasteiger partial charge in [0.05, 0.1) is 44.7 Å². The average Bonchev–Trinajstić information content (AvgIpc) is 3.06. The minimum atomic E-state index is -0.668. The molecule has 0 aromatic heterocycles. The topological polar surface area (TPSA) is 81.7 Å². The van der Waals surface area contributed by atoms with E-state index >= 15 is 0 Å². The number of methoxy groups -OCH3 is 2. The van der Waals surface area contributed by atoms with Gasteiger partial charge in [-0.05, 0) is 62.6 Å². The maximum Gasteiger partial charge on any atom is 0.384 e. The van der Waals surface area contributed by atoms with Gasteiger partial charge < -0.3 is 33.2 Å². The fraction of sp³-hybridized carbons (Fsp3) is 0.525. The number of carbonyl (C=O) groups excluding carboxylic acids is 1. The van der Waals surface area contributed by atoms with Crippen LogP contribution in [-0.2, 0) is 39.8 Å². The zero-order valence-electron chi connectivity index (χ0n) is 28.9. The highest BCUT2D eigenvalue weighted by Gasteiger charge is 2.25. The molecule has 8 nitrogen and oxygen atoms in total. The minimum Gasteiger partial charge on any atom is -0.497 e. The summed E-state index contributed by atoms with van der Waals surface area (Å²) in [5.41, 5.74) is 3.34. The first kappa shape index (κ1) is 37.4. The molecule has 1 aromatic rings. The molecule has 3 heterocycles. The molecular formula is C40H52O8. The molecule has 0 aliphatic carbocycles. The molecule has 1 aromatic carbocycles. The molecule has 0 unspecified atom stereocenters. The largest absolute Gasteiger partial charge is 0.497 e. The molecule has 0 N–H and O–H groups in total. The van der Waals surface area contributed by atoms with Gasteiger partial charge in [-0.2, -0.15) is 0 Å². The summed E-state index contributed by atoms with van der Waals surface area (Å²) < 4.78 is 41.3. The molecule has 260 valence electrons. The third-order valence-corrected chi connectivity index (χ3v) is 8.53. The maximum atomic E-state index is 13.2. The Morgan fingerprint density at radius 2 is 1.90 bits per heavy atom. The van der Waals surface area contributed by atoms with E-state index < -0.39 is 18.2 Å². The highest BCUT2D eigenvalue weighted by Crippen LogP contribution is 2.26. The normalized spacial score (nSPS) is 28.7. The van der Waals surface area contributed by atoms with Crippen LogP contribution in [-0.4, -0.2) is 70.2 Å². The van der Waals surface area contributed by atoms with Crippen LogP contribution >= 0.6 is 0 Å². The number of esters is 1. The van der Waals surface area contributed by atoms with Crippen molar-refractivity contribution in [1.29, 1.82) is 0 Å². The fourth-order valence-corrected chi connectivity index (χ4v) is 6.07. The van der Waals surface area contributed by atoms with Gasteiger partial charge in [0.2, 0.25) is 0 Å². The van der Waals surface area contributed by atoms with E-state index in [1.165, 1.54) is 5.57 Å². The second-order valence-corrected chi connectivity index (χ2v) is 12.8. The van der Waals surface area contributed by atoms with Gasteiger partial charge in [-0.15, -0.1) is 0 Å². The van der Waals surface area contributed by atoms with E-state index in [0.717, 1.165) is 42.6 Å². The summed E-state index contributed by atoms with van der Waals surface area (Å²) in [5.74, 6) is 6.24. The van der Waals surface area contributed by atoms with Crippen molar-refractivity contribution in [3.63, 3.8) is 0 Å². The van der Waals surface area contributed by atoms with Crippen LogP contribution in [0.4, 0.5) is 0 Å². The van der Waals surface area contributed by atoms with Gasteiger partial charge in [0.1, 0.15) is 24.8 Å². The van der Waals surface area contributed by atoms with Gasteiger partial charge in [-0.1, -0.05) is 85.2 Å². The van der Waals surface area contributed by atoms with Crippen LogP contribution < -0.4 is 4.74 Å². The lowest BCUT2D eigenvalue weighted by atomic mass is 9.91. The molecule has 7 atom stereocenters. The number of benzene rings is 1. The van der Waals surface area contributed by atoms with Crippen molar-refractivity contribution in [2.45, 2.75) is 102 Å². The van der Waals surface area contributed by atoms with Gasteiger partial charge in [-0.3, -0.25) is 0 Å². The number of rotatable bonds is 10. The highest BCUT2D eigenvalue weighted by molar-refractivity contribution is 5.88.